The first kappa shape index (κ1) is 29.5. The Morgan fingerprint density at radius 1 is 0.327 bits per heavy atom. The zero-order chi connectivity index (χ0) is 34.2. The van der Waals surface area contributed by atoms with E-state index in [1.165, 1.54) is 79.0 Å². The lowest BCUT2D eigenvalue weighted by atomic mass is 10.0. The Balaban J connectivity index is 1.07. The minimum Gasteiger partial charge on any atom is -0.310 e. The summed E-state index contributed by atoms with van der Waals surface area (Å²) < 4.78 is 7.64. The van der Waals surface area contributed by atoms with Gasteiger partial charge < -0.3 is 9.47 Å². The third-order valence-corrected chi connectivity index (χ3v) is 12.7. The highest BCUT2D eigenvalue weighted by molar-refractivity contribution is 7.26. The molecule has 0 aliphatic carbocycles. The zero-order valence-corrected chi connectivity index (χ0v) is 29.7. The van der Waals surface area contributed by atoms with E-state index in [1.807, 2.05) is 22.7 Å². The van der Waals surface area contributed by atoms with Crippen molar-refractivity contribution in [1.29, 1.82) is 0 Å². The normalized spacial score (nSPS) is 11.8. The number of hydrogen-bond acceptors (Lipinski definition) is 3. The second kappa shape index (κ2) is 11.7. The van der Waals surface area contributed by atoms with Crippen molar-refractivity contribution in [2.45, 2.75) is 0 Å². The van der Waals surface area contributed by atoms with Crippen LogP contribution in [0, 0.1) is 0 Å². The lowest BCUT2D eigenvalue weighted by Crippen LogP contribution is -2.09. The highest BCUT2D eigenvalue weighted by atomic mass is 32.1. The number of anilines is 3. The fourth-order valence-electron chi connectivity index (χ4n) is 7.96. The number of fused-ring (bicyclic) bond motifs is 9. The van der Waals surface area contributed by atoms with Gasteiger partial charge >= 0.3 is 0 Å². The van der Waals surface area contributed by atoms with Gasteiger partial charge in [-0.3, -0.25) is 0 Å². The molecule has 11 rings (SSSR count). The largest absolute Gasteiger partial charge is 0.310 e. The van der Waals surface area contributed by atoms with Gasteiger partial charge in [-0.15, -0.1) is 22.7 Å². The van der Waals surface area contributed by atoms with E-state index in [2.05, 4.69) is 191 Å². The Hall–Kier alpha value is -6.20. The number of rotatable bonds is 5. The first-order chi connectivity index (χ1) is 25.8. The molecule has 4 heteroatoms. The van der Waals surface area contributed by atoms with E-state index in [9.17, 15) is 0 Å². The summed E-state index contributed by atoms with van der Waals surface area (Å²) in [7, 11) is 0. The van der Waals surface area contributed by atoms with Crippen LogP contribution in [0.4, 0.5) is 17.1 Å². The number of benzene rings is 8. The molecule has 2 nitrogen and oxygen atoms in total. The van der Waals surface area contributed by atoms with Gasteiger partial charge in [-0.25, -0.2) is 0 Å². The smallest absolute Gasteiger partial charge is 0.0547 e. The minimum absolute atomic E-state index is 1.13. The van der Waals surface area contributed by atoms with Crippen LogP contribution in [0.3, 0.4) is 0 Å². The highest BCUT2D eigenvalue weighted by Crippen LogP contribution is 2.44. The number of hydrogen-bond donors (Lipinski definition) is 0. The average molecular weight is 699 g/mol. The maximum Gasteiger partial charge on any atom is 0.0547 e. The molecule has 0 spiro atoms. The van der Waals surface area contributed by atoms with Gasteiger partial charge in [0.25, 0.3) is 0 Å². The Bertz CT molecular complexity index is 3020. The monoisotopic (exact) mass is 698 g/mol. The molecule has 52 heavy (non-hydrogen) atoms. The van der Waals surface area contributed by atoms with Crippen LogP contribution in [-0.4, -0.2) is 4.57 Å². The van der Waals surface area contributed by atoms with Crippen molar-refractivity contribution in [3.8, 4) is 16.8 Å². The molecule has 0 N–H and O–H groups in total. The summed E-state index contributed by atoms with van der Waals surface area (Å²) in [6.45, 7) is 0. The van der Waals surface area contributed by atoms with Crippen LogP contribution in [0.2, 0.25) is 0 Å². The van der Waals surface area contributed by atoms with Gasteiger partial charge in [0.05, 0.1) is 11.0 Å². The molecule has 3 aromatic heterocycles. The van der Waals surface area contributed by atoms with Gasteiger partial charge in [-0.2, -0.15) is 0 Å². The van der Waals surface area contributed by atoms with Crippen molar-refractivity contribution in [3.63, 3.8) is 0 Å². The summed E-state index contributed by atoms with van der Waals surface area (Å²) in [6.07, 6.45) is 0. The molecule has 0 fully saturated rings. The van der Waals surface area contributed by atoms with Crippen molar-refractivity contribution >= 4 is 102 Å². The van der Waals surface area contributed by atoms with E-state index in [-0.39, 0.29) is 0 Å². The van der Waals surface area contributed by atoms with Gasteiger partial charge in [-0.1, -0.05) is 97.1 Å². The number of nitrogens with zero attached hydrogens (tertiary/aromatic N) is 2. The molecule has 0 aliphatic rings. The van der Waals surface area contributed by atoms with Crippen LogP contribution < -0.4 is 4.90 Å². The average Bonchev–Trinajstić information content (AvgIpc) is 3.87. The molecule has 8 aromatic carbocycles. The van der Waals surface area contributed by atoms with Crippen LogP contribution in [0.5, 0.6) is 0 Å². The highest BCUT2D eigenvalue weighted by Gasteiger charge is 2.18. The molecule has 0 saturated carbocycles. The van der Waals surface area contributed by atoms with Gasteiger partial charge in [0.1, 0.15) is 0 Å². The lowest BCUT2D eigenvalue weighted by molar-refractivity contribution is 1.18. The Kier molecular flexibility index (Phi) is 6.63. The van der Waals surface area contributed by atoms with E-state index in [0.29, 0.717) is 0 Å². The van der Waals surface area contributed by atoms with E-state index in [1.54, 1.807) is 0 Å². The summed E-state index contributed by atoms with van der Waals surface area (Å²) in [5.41, 5.74) is 9.41. The van der Waals surface area contributed by atoms with Crippen molar-refractivity contribution in [2.24, 2.45) is 0 Å². The summed E-state index contributed by atoms with van der Waals surface area (Å²) in [5, 5.41) is 7.74. The minimum atomic E-state index is 1.13. The molecule has 0 unspecified atom stereocenters. The maximum absolute atomic E-state index is 2.41. The maximum atomic E-state index is 2.41. The van der Waals surface area contributed by atoms with Crippen molar-refractivity contribution in [3.05, 3.63) is 182 Å². The van der Waals surface area contributed by atoms with Crippen LogP contribution in [-0.2, 0) is 0 Å². The summed E-state index contributed by atoms with van der Waals surface area (Å²) in [4.78, 5) is 2.41. The standard InChI is InChI=1S/C48H30N2S2/c1-2-10-33(11-3-1)50-43-15-7-4-12-37(43)38-25-20-32(28-44(38)50)31-18-21-34(22-19-31)49(35-23-26-47-41(29-35)39-13-5-8-16-45(39)51-47)36-24-27-48-42(30-36)40-14-6-9-17-46(40)52-48/h1-30H. The lowest BCUT2D eigenvalue weighted by Gasteiger charge is -2.26. The molecule has 11 aromatic rings. The second-order valence-electron chi connectivity index (χ2n) is 13.4. The van der Waals surface area contributed by atoms with E-state index >= 15 is 0 Å². The SMILES string of the molecule is c1ccc(-n2c3ccccc3c3ccc(-c4ccc(N(c5ccc6sc7ccccc7c6c5)c5ccc6sc7ccccc7c6c5)cc4)cc32)cc1. The van der Waals surface area contributed by atoms with Crippen LogP contribution in [0.1, 0.15) is 0 Å². The number of aromatic nitrogens is 1. The molecule has 0 aliphatic heterocycles. The predicted octanol–water partition coefficient (Wildman–Crippen LogP) is 14.7. The summed E-state index contributed by atoms with van der Waals surface area (Å²) >= 11 is 3.72. The Morgan fingerprint density at radius 2 is 0.827 bits per heavy atom. The molecule has 0 bridgehead atoms. The second-order valence-corrected chi connectivity index (χ2v) is 15.5. The van der Waals surface area contributed by atoms with Gasteiger partial charge in [0.2, 0.25) is 0 Å². The third kappa shape index (κ3) is 4.62. The molecule has 244 valence electrons. The molecule has 0 atom stereocenters. The third-order valence-electron chi connectivity index (χ3n) is 10.4. The molecular weight excluding hydrogens is 669 g/mol. The number of para-hydroxylation sites is 2. The number of thiophene rings is 2. The Labute approximate surface area is 308 Å². The van der Waals surface area contributed by atoms with Crippen LogP contribution >= 0.6 is 22.7 Å². The molecule has 0 amide bonds. The molecule has 3 heterocycles. The quantitative estimate of drug-likeness (QED) is 0.174. The fraction of sp³-hybridized carbons (Fsp3) is 0. The van der Waals surface area contributed by atoms with Crippen molar-refractivity contribution in [2.75, 3.05) is 4.90 Å². The van der Waals surface area contributed by atoms with Gasteiger partial charge in [0, 0.05) is 73.9 Å². The van der Waals surface area contributed by atoms with Crippen LogP contribution in [0.15, 0.2) is 182 Å². The molecular formula is C48H30N2S2. The van der Waals surface area contributed by atoms with Gasteiger partial charge in [0.15, 0.2) is 0 Å². The zero-order valence-electron chi connectivity index (χ0n) is 28.0. The molecule has 0 saturated heterocycles. The first-order valence-electron chi connectivity index (χ1n) is 17.6. The van der Waals surface area contributed by atoms with E-state index in [4.69, 9.17) is 0 Å². The van der Waals surface area contributed by atoms with Crippen molar-refractivity contribution in [1.82, 2.24) is 4.57 Å². The van der Waals surface area contributed by atoms with E-state index < -0.39 is 0 Å². The topological polar surface area (TPSA) is 8.17 Å². The Morgan fingerprint density at radius 3 is 1.48 bits per heavy atom. The van der Waals surface area contributed by atoms with Crippen LogP contribution in [0.25, 0.3) is 79.0 Å². The van der Waals surface area contributed by atoms with Crippen molar-refractivity contribution < 1.29 is 0 Å². The molecule has 0 radical (unpaired) electrons. The summed E-state index contributed by atoms with van der Waals surface area (Å²) in [6, 6.07) is 66.7. The van der Waals surface area contributed by atoms with E-state index in [0.717, 1.165) is 17.1 Å². The summed E-state index contributed by atoms with van der Waals surface area (Å²) in [5.74, 6) is 0. The fourth-order valence-corrected chi connectivity index (χ4v) is 10.1. The van der Waals surface area contributed by atoms with Gasteiger partial charge in [-0.05, 0) is 96.1 Å². The predicted molar refractivity (Wildman–Crippen MR) is 227 cm³/mol. The first-order valence-corrected chi connectivity index (χ1v) is 19.2.